The number of carboxylic acids is 1. The van der Waals surface area contributed by atoms with Crippen molar-refractivity contribution in [3.8, 4) is 0 Å². The number of anilines is 1. The lowest BCUT2D eigenvalue weighted by Crippen LogP contribution is -1.98. The SMILES string of the molecule is Nc1ccccc1N=Nc1ccc(C(=O)O)cc1[N+](=O)[O-]. The molecule has 0 aliphatic rings. The van der Waals surface area contributed by atoms with Gasteiger partial charge in [0.25, 0.3) is 5.69 Å². The van der Waals surface area contributed by atoms with Crippen molar-refractivity contribution in [3.63, 3.8) is 0 Å². The highest BCUT2D eigenvalue weighted by Gasteiger charge is 2.17. The number of benzene rings is 2. The maximum Gasteiger partial charge on any atom is 0.335 e. The van der Waals surface area contributed by atoms with Gasteiger partial charge in [-0.1, -0.05) is 12.1 Å². The Morgan fingerprint density at radius 1 is 1.14 bits per heavy atom. The summed E-state index contributed by atoms with van der Waals surface area (Å²) >= 11 is 0. The van der Waals surface area contributed by atoms with Gasteiger partial charge in [-0.25, -0.2) is 4.79 Å². The zero-order chi connectivity index (χ0) is 15.4. The van der Waals surface area contributed by atoms with Crippen molar-refractivity contribution in [2.24, 2.45) is 10.2 Å². The van der Waals surface area contributed by atoms with Crippen molar-refractivity contribution in [2.45, 2.75) is 0 Å². The van der Waals surface area contributed by atoms with E-state index in [1.807, 2.05) is 0 Å². The average molecular weight is 286 g/mol. The monoisotopic (exact) mass is 286 g/mol. The average Bonchev–Trinajstić information content (AvgIpc) is 2.46. The first-order chi connectivity index (χ1) is 9.99. The van der Waals surface area contributed by atoms with Crippen LogP contribution in [0.25, 0.3) is 0 Å². The fourth-order valence-corrected chi connectivity index (χ4v) is 1.57. The molecule has 0 aliphatic carbocycles. The van der Waals surface area contributed by atoms with E-state index in [0.717, 1.165) is 6.07 Å². The Kier molecular flexibility index (Phi) is 3.89. The molecule has 0 unspecified atom stereocenters. The number of nitrogen functional groups attached to an aromatic ring is 1. The summed E-state index contributed by atoms with van der Waals surface area (Å²) < 4.78 is 0. The minimum atomic E-state index is -1.26. The normalized spacial score (nSPS) is 10.7. The highest BCUT2D eigenvalue weighted by molar-refractivity contribution is 5.89. The first kappa shape index (κ1) is 14.1. The predicted molar refractivity (Wildman–Crippen MR) is 75.1 cm³/mol. The van der Waals surface area contributed by atoms with Gasteiger partial charge < -0.3 is 10.8 Å². The topological polar surface area (TPSA) is 131 Å². The standard InChI is InChI=1S/C13H10N4O4/c14-9-3-1-2-4-10(9)15-16-11-6-5-8(13(18)19)7-12(11)17(20)21/h1-7H,14H2,(H,18,19). The Hall–Kier alpha value is -3.29. The van der Waals surface area contributed by atoms with Crippen LogP contribution in [0.4, 0.5) is 22.7 Å². The third kappa shape index (κ3) is 3.18. The largest absolute Gasteiger partial charge is 0.478 e. The summed E-state index contributed by atoms with van der Waals surface area (Å²) in [6.07, 6.45) is 0. The molecule has 0 aliphatic heterocycles. The lowest BCUT2D eigenvalue weighted by molar-refractivity contribution is -0.384. The third-order valence-electron chi connectivity index (χ3n) is 2.62. The minimum Gasteiger partial charge on any atom is -0.478 e. The molecule has 3 N–H and O–H groups in total. The van der Waals surface area contributed by atoms with Gasteiger partial charge in [-0.2, -0.15) is 0 Å². The molecule has 0 saturated heterocycles. The van der Waals surface area contributed by atoms with Crippen molar-refractivity contribution in [2.75, 3.05) is 5.73 Å². The number of para-hydroxylation sites is 1. The lowest BCUT2D eigenvalue weighted by Gasteiger charge is -2.00. The van der Waals surface area contributed by atoms with E-state index in [1.54, 1.807) is 24.3 Å². The molecule has 8 nitrogen and oxygen atoms in total. The number of carbonyl (C=O) groups is 1. The Labute approximate surface area is 118 Å². The maximum absolute atomic E-state index is 11.0. The number of hydrogen-bond acceptors (Lipinski definition) is 6. The van der Waals surface area contributed by atoms with Gasteiger partial charge in [0.05, 0.1) is 16.2 Å². The second-order valence-electron chi connectivity index (χ2n) is 4.02. The lowest BCUT2D eigenvalue weighted by atomic mass is 10.2. The molecule has 21 heavy (non-hydrogen) atoms. The molecule has 0 bridgehead atoms. The Morgan fingerprint density at radius 3 is 2.43 bits per heavy atom. The summed E-state index contributed by atoms with van der Waals surface area (Å²) in [5, 5.41) is 27.4. The van der Waals surface area contributed by atoms with Crippen LogP contribution in [0.1, 0.15) is 10.4 Å². The van der Waals surface area contributed by atoms with Gasteiger partial charge in [-0.3, -0.25) is 10.1 Å². The van der Waals surface area contributed by atoms with Crippen molar-refractivity contribution >= 4 is 28.7 Å². The number of nitro benzene ring substituents is 1. The van der Waals surface area contributed by atoms with E-state index >= 15 is 0 Å². The highest BCUT2D eigenvalue weighted by atomic mass is 16.6. The molecule has 0 fully saturated rings. The molecule has 0 spiro atoms. The van der Waals surface area contributed by atoms with Gasteiger partial charge in [0.2, 0.25) is 0 Å². The summed E-state index contributed by atoms with van der Waals surface area (Å²) in [5.74, 6) is -1.26. The van der Waals surface area contributed by atoms with E-state index in [1.165, 1.54) is 12.1 Å². The number of azo groups is 1. The molecule has 2 aromatic rings. The summed E-state index contributed by atoms with van der Waals surface area (Å²) in [7, 11) is 0. The molecule has 8 heteroatoms. The predicted octanol–water partition coefficient (Wildman–Crippen LogP) is 3.29. The summed E-state index contributed by atoms with van der Waals surface area (Å²) in [4.78, 5) is 21.1. The maximum atomic E-state index is 11.0. The molecule has 2 rings (SSSR count). The van der Waals surface area contributed by atoms with Crippen molar-refractivity contribution < 1.29 is 14.8 Å². The van der Waals surface area contributed by atoms with Crippen LogP contribution < -0.4 is 5.73 Å². The fraction of sp³-hybridized carbons (Fsp3) is 0. The van der Waals surface area contributed by atoms with Crippen LogP contribution in [0, 0.1) is 10.1 Å². The Bertz CT molecular complexity index is 743. The number of carboxylic acid groups (broad SMARTS) is 1. The van der Waals surface area contributed by atoms with E-state index in [-0.39, 0.29) is 11.3 Å². The number of nitro groups is 1. The van der Waals surface area contributed by atoms with Crippen LogP contribution in [0.3, 0.4) is 0 Å². The quantitative estimate of drug-likeness (QED) is 0.385. The number of aromatic carboxylic acids is 1. The first-order valence-electron chi connectivity index (χ1n) is 5.77. The second kappa shape index (κ2) is 5.78. The third-order valence-corrected chi connectivity index (χ3v) is 2.62. The molecule has 0 atom stereocenters. The van der Waals surface area contributed by atoms with E-state index in [0.29, 0.717) is 11.4 Å². The molecule has 0 amide bonds. The molecule has 0 saturated carbocycles. The highest BCUT2D eigenvalue weighted by Crippen LogP contribution is 2.31. The fourth-order valence-electron chi connectivity index (χ4n) is 1.57. The molecule has 0 radical (unpaired) electrons. The van der Waals surface area contributed by atoms with Crippen LogP contribution >= 0.6 is 0 Å². The van der Waals surface area contributed by atoms with Gasteiger partial charge in [0.15, 0.2) is 5.69 Å². The van der Waals surface area contributed by atoms with E-state index in [2.05, 4.69) is 10.2 Å². The Balaban J connectivity index is 2.42. The number of nitrogens with two attached hydrogens (primary N) is 1. The van der Waals surface area contributed by atoms with E-state index in [4.69, 9.17) is 10.8 Å². The second-order valence-corrected chi connectivity index (χ2v) is 4.02. The molecule has 2 aromatic carbocycles. The van der Waals surface area contributed by atoms with Crippen LogP contribution in [0.2, 0.25) is 0 Å². The van der Waals surface area contributed by atoms with E-state index in [9.17, 15) is 14.9 Å². The van der Waals surface area contributed by atoms with Gasteiger partial charge in [0, 0.05) is 6.07 Å². The van der Waals surface area contributed by atoms with Gasteiger partial charge in [-0.15, -0.1) is 10.2 Å². The molecular weight excluding hydrogens is 276 g/mol. The minimum absolute atomic E-state index is 0.0479. The molecule has 106 valence electrons. The van der Waals surface area contributed by atoms with Gasteiger partial charge >= 0.3 is 5.97 Å². The summed E-state index contributed by atoms with van der Waals surface area (Å²) in [6.45, 7) is 0. The zero-order valence-corrected chi connectivity index (χ0v) is 10.6. The smallest absolute Gasteiger partial charge is 0.335 e. The van der Waals surface area contributed by atoms with Gasteiger partial charge in [-0.05, 0) is 24.3 Å². The van der Waals surface area contributed by atoms with Crippen molar-refractivity contribution in [1.82, 2.24) is 0 Å². The van der Waals surface area contributed by atoms with Crippen LogP contribution in [-0.2, 0) is 0 Å². The van der Waals surface area contributed by atoms with Gasteiger partial charge in [0.1, 0.15) is 5.69 Å². The molecule has 0 aromatic heterocycles. The van der Waals surface area contributed by atoms with Crippen LogP contribution in [-0.4, -0.2) is 16.0 Å². The first-order valence-corrected chi connectivity index (χ1v) is 5.77. The van der Waals surface area contributed by atoms with Crippen LogP contribution in [0.5, 0.6) is 0 Å². The summed E-state index contributed by atoms with van der Waals surface area (Å²) in [5.41, 5.74) is 5.75. The summed E-state index contributed by atoms with van der Waals surface area (Å²) in [6, 6.07) is 10.0. The Morgan fingerprint density at radius 2 is 1.81 bits per heavy atom. The van der Waals surface area contributed by atoms with Crippen LogP contribution in [0.15, 0.2) is 52.7 Å². The zero-order valence-electron chi connectivity index (χ0n) is 10.6. The van der Waals surface area contributed by atoms with E-state index < -0.39 is 16.6 Å². The van der Waals surface area contributed by atoms with Crippen molar-refractivity contribution in [1.29, 1.82) is 0 Å². The molecule has 0 heterocycles. The number of nitrogens with zero attached hydrogens (tertiary/aromatic N) is 3. The number of hydrogen-bond donors (Lipinski definition) is 2. The molecular formula is C13H10N4O4. The number of rotatable bonds is 4. The van der Waals surface area contributed by atoms with Crippen molar-refractivity contribution in [3.05, 3.63) is 58.1 Å².